The van der Waals surface area contributed by atoms with Gasteiger partial charge in [-0.1, -0.05) is 94.9 Å². The monoisotopic (exact) mass is 574 g/mol. The Morgan fingerprint density at radius 2 is 1.34 bits per heavy atom. The number of rotatable bonds is 8. The Morgan fingerprint density at radius 1 is 0.842 bits per heavy atom. The highest BCUT2D eigenvalue weighted by Crippen LogP contribution is 2.37. The molecule has 3 rings (SSSR count). The quantitative estimate of drug-likeness (QED) is 0.374. The number of sulfonamides is 1. The molecule has 0 amide bonds. The molecule has 3 aromatic carbocycles. The summed E-state index contributed by atoms with van der Waals surface area (Å²) < 4.78 is 62.0. The van der Waals surface area contributed by atoms with E-state index in [9.17, 15) is 16.8 Å². The van der Waals surface area contributed by atoms with Gasteiger partial charge in [0.1, 0.15) is 10.6 Å². The Balaban J connectivity index is 0.00000507. The van der Waals surface area contributed by atoms with Crippen molar-refractivity contribution in [2.75, 3.05) is 0 Å². The van der Waals surface area contributed by atoms with Gasteiger partial charge in [0.05, 0.1) is 6.61 Å². The lowest BCUT2D eigenvalue weighted by molar-refractivity contribution is 0.286. The van der Waals surface area contributed by atoms with E-state index in [0.717, 1.165) is 10.4 Å². The van der Waals surface area contributed by atoms with E-state index in [0.29, 0.717) is 5.56 Å². The first-order valence-corrected chi connectivity index (χ1v) is 16.3. The van der Waals surface area contributed by atoms with Crippen LogP contribution in [0.2, 0.25) is 5.04 Å². The summed E-state index contributed by atoms with van der Waals surface area (Å²) in [6.45, 7) is 11.7. The van der Waals surface area contributed by atoms with Crippen LogP contribution in [-0.2, 0) is 31.6 Å². The minimum atomic E-state index is -4.06. The summed E-state index contributed by atoms with van der Waals surface area (Å²) in [6.07, 6.45) is 0. The molecule has 0 saturated heterocycles. The molecule has 7 nitrogen and oxygen atoms in total. The minimum Gasteiger partial charge on any atom is -0.403 e. The molecule has 38 heavy (non-hydrogen) atoms. The molecule has 0 fully saturated rings. The first-order chi connectivity index (χ1) is 17.2. The Labute approximate surface area is 230 Å². The van der Waals surface area contributed by atoms with Gasteiger partial charge in [-0.3, -0.25) is 0 Å². The number of nitrogens with zero attached hydrogens (tertiary/aromatic N) is 1. The van der Waals surface area contributed by atoms with E-state index in [-0.39, 0.29) is 29.7 Å². The molecule has 0 aromatic heterocycles. The van der Waals surface area contributed by atoms with Gasteiger partial charge in [-0.05, 0) is 53.9 Å². The predicted octanol–water partition coefficient (Wildman–Crippen LogP) is 5.17. The van der Waals surface area contributed by atoms with E-state index < -0.39 is 34.4 Å². The molecule has 0 aliphatic heterocycles. The highest BCUT2D eigenvalue weighted by atomic mass is 32.2. The topological polar surface area (TPSA) is 102 Å². The number of hydrogen-bond donors (Lipinski definition) is 1. The zero-order valence-electron chi connectivity index (χ0n) is 22.0. The molecule has 0 bridgehead atoms. The lowest BCUT2D eigenvalue weighted by Crippen LogP contribution is -2.66. The maximum Gasteiger partial charge on any atom is 0.316 e. The molecule has 0 atom stereocenters. The minimum absolute atomic E-state index is 0. The Bertz CT molecular complexity index is 1430. The molecule has 0 aliphatic rings. The fourth-order valence-corrected chi connectivity index (χ4v) is 11.0. The standard InChI is InChI=1S/C27H34N2O5S2Si.CH4/c1-26(2,3)29-36(32,33)25-19-21(17-18-24(25)28-35(30)31)20-34-37(27(4,5)6,22-13-9-7-10-14-22)23-15-11-8-12-16-23;/h7-19,29H,20H2,1-6H3;1H4. The summed E-state index contributed by atoms with van der Waals surface area (Å²) in [5.74, 6) is 0. The van der Waals surface area contributed by atoms with Gasteiger partial charge in [0.2, 0.25) is 10.0 Å². The molecule has 0 radical (unpaired) electrons. The Hall–Kier alpha value is -2.63. The van der Waals surface area contributed by atoms with Gasteiger partial charge >= 0.3 is 10.5 Å². The van der Waals surface area contributed by atoms with Gasteiger partial charge in [-0.2, -0.15) is 8.42 Å². The molecular formula is C28H38N2O5S2Si. The zero-order valence-corrected chi connectivity index (χ0v) is 24.7. The third-order valence-corrected chi connectivity index (χ3v) is 12.9. The van der Waals surface area contributed by atoms with E-state index >= 15 is 0 Å². The van der Waals surface area contributed by atoms with Crippen molar-refractivity contribution in [3.8, 4) is 0 Å². The zero-order chi connectivity index (χ0) is 27.5. The molecule has 10 heteroatoms. The van der Waals surface area contributed by atoms with Gasteiger partial charge in [0, 0.05) is 5.54 Å². The summed E-state index contributed by atoms with van der Waals surface area (Å²) in [6, 6.07) is 24.8. The van der Waals surface area contributed by atoms with E-state index in [4.69, 9.17) is 4.43 Å². The summed E-state index contributed by atoms with van der Waals surface area (Å²) in [5, 5.41) is 1.95. The summed E-state index contributed by atoms with van der Waals surface area (Å²) >= 11 is 0. The van der Waals surface area contributed by atoms with Crippen molar-refractivity contribution in [3.05, 3.63) is 84.4 Å². The molecular weight excluding hydrogens is 537 g/mol. The smallest absolute Gasteiger partial charge is 0.316 e. The maximum absolute atomic E-state index is 13.2. The summed E-state index contributed by atoms with van der Waals surface area (Å²) in [5.41, 5.74) is -0.328. The van der Waals surface area contributed by atoms with Crippen molar-refractivity contribution in [3.63, 3.8) is 0 Å². The van der Waals surface area contributed by atoms with E-state index in [1.54, 1.807) is 26.8 Å². The second kappa shape index (κ2) is 12.0. The lowest BCUT2D eigenvalue weighted by atomic mass is 10.1. The van der Waals surface area contributed by atoms with Crippen LogP contribution in [-0.4, -0.2) is 30.7 Å². The SMILES string of the molecule is C.CC(C)(C)NS(=O)(=O)c1cc(CO[Si](c2ccccc2)(c2ccccc2)C(C)(C)C)ccc1N=S(=O)=O. The number of benzene rings is 3. The lowest BCUT2D eigenvalue weighted by Gasteiger charge is -2.43. The largest absolute Gasteiger partial charge is 0.403 e. The van der Waals surface area contributed by atoms with Crippen molar-refractivity contribution in [1.29, 1.82) is 0 Å². The van der Waals surface area contributed by atoms with Gasteiger partial charge < -0.3 is 4.43 Å². The fraction of sp³-hybridized carbons (Fsp3) is 0.357. The van der Waals surface area contributed by atoms with Gasteiger partial charge in [0.25, 0.3) is 8.32 Å². The first kappa shape index (κ1) is 31.6. The van der Waals surface area contributed by atoms with Crippen LogP contribution >= 0.6 is 0 Å². The normalized spacial score (nSPS) is 12.5. The molecule has 0 saturated carbocycles. The van der Waals surface area contributed by atoms with Crippen LogP contribution in [0.1, 0.15) is 54.5 Å². The van der Waals surface area contributed by atoms with Crippen molar-refractivity contribution in [1.82, 2.24) is 4.72 Å². The average Bonchev–Trinajstić information content (AvgIpc) is 2.79. The molecule has 0 aliphatic carbocycles. The van der Waals surface area contributed by atoms with Crippen molar-refractivity contribution >= 4 is 44.9 Å². The van der Waals surface area contributed by atoms with Gasteiger partial charge in [-0.25, -0.2) is 13.1 Å². The maximum atomic E-state index is 13.2. The van der Waals surface area contributed by atoms with Crippen molar-refractivity contribution in [2.45, 2.75) is 71.0 Å². The van der Waals surface area contributed by atoms with Crippen molar-refractivity contribution in [2.24, 2.45) is 4.36 Å². The molecule has 0 spiro atoms. The first-order valence-electron chi connectivity index (χ1n) is 11.9. The van der Waals surface area contributed by atoms with E-state index in [2.05, 4.69) is 54.1 Å². The second-order valence-corrected chi connectivity index (χ2v) is 17.5. The van der Waals surface area contributed by atoms with Crippen LogP contribution < -0.4 is 15.1 Å². The van der Waals surface area contributed by atoms with Gasteiger partial charge in [0.15, 0.2) is 0 Å². The highest BCUT2D eigenvalue weighted by Gasteiger charge is 2.50. The molecule has 0 unspecified atom stereocenters. The Morgan fingerprint density at radius 3 is 1.76 bits per heavy atom. The average molecular weight is 575 g/mol. The van der Waals surface area contributed by atoms with Crippen LogP contribution in [0.5, 0.6) is 0 Å². The fourth-order valence-electron chi connectivity index (χ4n) is 4.43. The third kappa shape index (κ3) is 7.26. The number of nitrogens with one attached hydrogen (secondary N) is 1. The molecule has 206 valence electrons. The number of hydrogen-bond acceptors (Lipinski definition) is 6. The highest BCUT2D eigenvalue weighted by molar-refractivity contribution is 7.89. The summed E-state index contributed by atoms with van der Waals surface area (Å²) in [4.78, 5) is -0.213. The van der Waals surface area contributed by atoms with E-state index in [1.807, 2.05) is 36.4 Å². The predicted molar refractivity (Wildman–Crippen MR) is 157 cm³/mol. The molecule has 0 heterocycles. The van der Waals surface area contributed by atoms with Gasteiger partial charge in [-0.15, -0.1) is 4.36 Å². The Kier molecular flexibility index (Phi) is 10.0. The summed E-state index contributed by atoms with van der Waals surface area (Å²) in [7, 11) is -9.74. The van der Waals surface area contributed by atoms with Crippen LogP contribution in [0.4, 0.5) is 5.69 Å². The second-order valence-electron chi connectivity index (χ2n) is 10.9. The van der Waals surface area contributed by atoms with Crippen LogP contribution in [0, 0.1) is 0 Å². The third-order valence-electron chi connectivity index (χ3n) is 5.80. The van der Waals surface area contributed by atoms with E-state index in [1.165, 1.54) is 12.1 Å². The molecule has 1 N–H and O–H groups in total. The van der Waals surface area contributed by atoms with Crippen LogP contribution in [0.3, 0.4) is 0 Å². The van der Waals surface area contributed by atoms with Crippen molar-refractivity contribution < 1.29 is 21.3 Å². The van der Waals surface area contributed by atoms with Crippen LogP contribution in [0.25, 0.3) is 0 Å². The van der Waals surface area contributed by atoms with Crippen LogP contribution in [0.15, 0.2) is 88.1 Å². The molecule has 3 aromatic rings.